The van der Waals surface area contributed by atoms with Gasteiger partial charge in [-0.25, -0.2) is 8.78 Å². The standard InChI is InChI=1S/C16H22F2N4O/c17-14-2-1-13(9-15(14)18)22-4-3-12(11-22)10-20-16(19)21-5-7-23-8-6-21/h1-2,9,12H,3-8,10-11H2,(H2,19,20). The van der Waals surface area contributed by atoms with Crippen LogP contribution in [-0.2, 0) is 4.74 Å². The molecule has 0 bridgehead atoms. The molecule has 3 rings (SSSR count). The molecule has 126 valence electrons. The molecule has 0 spiro atoms. The van der Waals surface area contributed by atoms with E-state index in [1.54, 1.807) is 6.07 Å². The number of aliphatic imine (C=N–C) groups is 1. The van der Waals surface area contributed by atoms with Gasteiger partial charge in [0.1, 0.15) is 0 Å². The van der Waals surface area contributed by atoms with Crippen LogP contribution in [0.15, 0.2) is 23.2 Å². The molecule has 1 unspecified atom stereocenters. The van der Waals surface area contributed by atoms with Crippen LogP contribution in [0.2, 0.25) is 0 Å². The molecule has 7 heteroatoms. The molecule has 0 aromatic heterocycles. The maximum absolute atomic E-state index is 13.3. The Balaban J connectivity index is 1.54. The van der Waals surface area contributed by atoms with Gasteiger partial charge in [0.05, 0.1) is 13.2 Å². The third kappa shape index (κ3) is 3.90. The van der Waals surface area contributed by atoms with Crippen molar-refractivity contribution in [2.75, 3.05) is 50.8 Å². The van der Waals surface area contributed by atoms with E-state index >= 15 is 0 Å². The van der Waals surface area contributed by atoms with E-state index in [1.807, 2.05) is 4.90 Å². The number of halogens is 2. The Hall–Kier alpha value is -1.89. The predicted molar refractivity (Wildman–Crippen MR) is 85.6 cm³/mol. The lowest BCUT2D eigenvalue weighted by molar-refractivity contribution is 0.0674. The summed E-state index contributed by atoms with van der Waals surface area (Å²) in [6.07, 6.45) is 0.971. The second-order valence-corrected chi connectivity index (χ2v) is 6.00. The van der Waals surface area contributed by atoms with Crippen molar-refractivity contribution in [3.63, 3.8) is 0 Å². The first-order valence-electron chi connectivity index (χ1n) is 7.96. The number of ether oxygens (including phenoxy) is 1. The van der Waals surface area contributed by atoms with Crippen LogP contribution in [-0.4, -0.2) is 56.8 Å². The van der Waals surface area contributed by atoms with Crippen molar-refractivity contribution < 1.29 is 13.5 Å². The van der Waals surface area contributed by atoms with Gasteiger partial charge in [-0.3, -0.25) is 4.99 Å². The minimum atomic E-state index is -0.813. The van der Waals surface area contributed by atoms with Gasteiger partial charge in [0.25, 0.3) is 0 Å². The van der Waals surface area contributed by atoms with Gasteiger partial charge < -0.3 is 20.3 Å². The molecule has 1 aromatic carbocycles. The number of nitrogens with two attached hydrogens (primary N) is 1. The fourth-order valence-corrected chi connectivity index (χ4v) is 3.01. The zero-order chi connectivity index (χ0) is 16.2. The van der Waals surface area contributed by atoms with E-state index in [2.05, 4.69) is 9.89 Å². The molecule has 2 heterocycles. The number of hydrogen-bond acceptors (Lipinski definition) is 3. The fourth-order valence-electron chi connectivity index (χ4n) is 3.01. The number of morpholine rings is 1. The molecule has 1 atom stereocenters. The van der Waals surface area contributed by atoms with Gasteiger partial charge in [-0.1, -0.05) is 0 Å². The van der Waals surface area contributed by atoms with E-state index in [1.165, 1.54) is 12.1 Å². The lowest BCUT2D eigenvalue weighted by atomic mass is 10.1. The summed E-state index contributed by atoms with van der Waals surface area (Å²) in [5.74, 6) is -0.671. The van der Waals surface area contributed by atoms with Crippen LogP contribution in [0.4, 0.5) is 14.5 Å². The predicted octanol–water partition coefficient (Wildman–Crippen LogP) is 1.44. The van der Waals surface area contributed by atoms with Crippen LogP contribution in [0, 0.1) is 17.6 Å². The normalized spacial score (nSPS) is 22.7. The van der Waals surface area contributed by atoms with E-state index in [9.17, 15) is 8.78 Å². The number of nitrogens with zero attached hydrogens (tertiary/aromatic N) is 3. The van der Waals surface area contributed by atoms with E-state index in [-0.39, 0.29) is 0 Å². The van der Waals surface area contributed by atoms with E-state index in [4.69, 9.17) is 10.5 Å². The Kier molecular flexibility index (Phi) is 4.95. The SMILES string of the molecule is NC(=NCC1CCN(c2ccc(F)c(F)c2)C1)N1CCOCC1. The number of hydrogen-bond donors (Lipinski definition) is 1. The highest BCUT2D eigenvalue weighted by molar-refractivity contribution is 5.78. The Labute approximate surface area is 134 Å². The Morgan fingerprint density at radius 3 is 2.74 bits per heavy atom. The average Bonchev–Trinajstić information content (AvgIpc) is 3.05. The molecule has 0 amide bonds. The van der Waals surface area contributed by atoms with Crippen LogP contribution >= 0.6 is 0 Å². The number of rotatable bonds is 3. The molecule has 0 aliphatic carbocycles. The largest absolute Gasteiger partial charge is 0.378 e. The molecule has 2 fully saturated rings. The molecule has 2 aliphatic rings. The van der Waals surface area contributed by atoms with Gasteiger partial charge in [0.2, 0.25) is 0 Å². The van der Waals surface area contributed by atoms with Crippen molar-refractivity contribution in [2.24, 2.45) is 16.6 Å². The molecular weight excluding hydrogens is 302 g/mol. The number of guanidine groups is 1. The first kappa shape index (κ1) is 16.0. The van der Waals surface area contributed by atoms with Crippen LogP contribution in [0.5, 0.6) is 0 Å². The first-order valence-corrected chi connectivity index (χ1v) is 7.96. The second-order valence-electron chi connectivity index (χ2n) is 6.00. The molecular formula is C16H22F2N4O. The molecule has 1 aromatic rings. The Morgan fingerprint density at radius 1 is 1.22 bits per heavy atom. The summed E-state index contributed by atoms with van der Waals surface area (Å²) in [5.41, 5.74) is 6.74. The quantitative estimate of drug-likeness (QED) is 0.675. The van der Waals surface area contributed by atoms with Gasteiger partial charge in [-0.15, -0.1) is 0 Å². The first-order chi connectivity index (χ1) is 11.1. The number of anilines is 1. The van der Waals surface area contributed by atoms with Crippen molar-refractivity contribution in [2.45, 2.75) is 6.42 Å². The van der Waals surface area contributed by atoms with Gasteiger partial charge in [0, 0.05) is 44.5 Å². The van der Waals surface area contributed by atoms with Crippen LogP contribution < -0.4 is 10.6 Å². The van der Waals surface area contributed by atoms with Gasteiger partial charge in [-0.05, 0) is 24.5 Å². The van der Waals surface area contributed by atoms with Gasteiger partial charge in [0.15, 0.2) is 17.6 Å². The summed E-state index contributed by atoms with van der Waals surface area (Å²) >= 11 is 0. The topological polar surface area (TPSA) is 54.1 Å². The summed E-state index contributed by atoms with van der Waals surface area (Å²) in [5, 5.41) is 0. The third-order valence-corrected chi connectivity index (χ3v) is 4.40. The minimum absolute atomic E-state index is 0.378. The highest BCUT2D eigenvalue weighted by Gasteiger charge is 2.23. The lowest BCUT2D eigenvalue weighted by Crippen LogP contribution is -2.45. The summed E-state index contributed by atoms with van der Waals surface area (Å²) in [6, 6.07) is 4.04. The van der Waals surface area contributed by atoms with Gasteiger partial charge in [-0.2, -0.15) is 0 Å². The smallest absolute Gasteiger partial charge is 0.191 e. The average molecular weight is 324 g/mol. The van der Waals surface area contributed by atoms with Crippen molar-refractivity contribution in [3.05, 3.63) is 29.8 Å². The van der Waals surface area contributed by atoms with E-state index in [0.717, 1.165) is 38.3 Å². The van der Waals surface area contributed by atoms with Crippen molar-refractivity contribution in [3.8, 4) is 0 Å². The van der Waals surface area contributed by atoms with Gasteiger partial charge >= 0.3 is 0 Å². The Bertz CT molecular complexity index is 575. The molecule has 0 saturated carbocycles. The maximum Gasteiger partial charge on any atom is 0.191 e. The molecule has 2 saturated heterocycles. The highest BCUT2D eigenvalue weighted by Crippen LogP contribution is 2.25. The van der Waals surface area contributed by atoms with E-state index < -0.39 is 11.6 Å². The van der Waals surface area contributed by atoms with Crippen molar-refractivity contribution >= 4 is 11.6 Å². The molecule has 5 nitrogen and oxygen atoms in total. The van der Waals surface area contributed by atoms with Crippen LogP contribution in [0.3, 0.4) is 0 Å². The summed E-state index contributed by atoms with van der Waals surface area (Å²) in [7, 11) is 0. The summed E-state index contributed by atoms with van der Waals surface area (Å²) < 4.78 is 31.6. The monoisotopic (exact) mass is 324 g/mol. The van der Waals surface area contributed by atoms with Crippen molar-refractivity contribution in [1.29, 1.82) is 0 Å². The van der Waals surface area contributed by atoms with Crippen molar-refractivity contribution in [1.82, 2.24) is 4.90 Å². The second kappa shape index (κ2) is 7.12. The molecule has 0 radical (unpaired) electrons. The summed E-state index contributed by atoms with van der Waals surface area (Å²) in [4.78, 5) is 8.59. The minimum Gasteiger partial charge on any atom is -0.378 e. The summed E-state index contributed by atoms with van der Waals surface area (Å²) in [6.45, 7) is 5.19. The molecule has 23 heavy (non-hydrogen) atoms. The van der Waals surface area contributed by atoms with E-state index in [0.29, 0.717) is 31.6 Å². The van der Waals surface area contributed by atoms with Crippen LogP contribution in [0.25, 0.3) is 0 Å². The Morgan fingerprint density at radius 2 is 2.00 bits per heavy atom. The third-order valence-electron chi connectivity index (χ3n) is 4.40. The lowest BCUT2D eigenvalue weighted by Gasteiger charge is -2.27. The number of benzene rings is 1. The molecule has 2 N–H and O–H groups in total. The zero-order valence-corrected chi connectivity index (χ0v) is 13.0. The zero-order valence-electron chi connectivity index (χ0n) is 13.0. The highest BCUT2D eigenvalue weighted by atomic mass is 19.2. The maximum atomic E-state index is 13.3. The fraction of sp³-hybridized carbons (Fsp3) is 0.562. The van der Waals surface area contributed by atoms with Crippen LogP contribution in [0.1, 0.15) is 6.42 Å². The molecule has 2 aliphatic heterocycles.